The minimum atomic E-state index is -1.13. The molecule has 0 aliphatic rings. The van der Waals surface area contributed by atoms with E-state index in [9.17, 15) is 19.4 Å². The van der Waals surface area contributed by atoms with Crippen molar-refractivity contribution in [3.05, 3.63) is 59.9 Å². The van der Waals surface area contributed by atoms with Gasteiger partial charge in [-0.3, -0.25) is 0 Å². The molecule has 2 N–H and O–H groups in total. The minimum Gasteiger partial charge on any atom is -0.507 e. The molecule has 5 heteroatoms. The molecular formula is C16H10FNO3. The normalized spacial score (nSPS) is 10.7. The lowest BCUT2D eigenvalue weighted by Crippen LogP contribution is -2.00. The van der Waals surface area contributed by atoms with Crippen LogP contribution in [0.4, 0.5) is 4.39 Å². The van der Waals surface area contributed by atoms with E-state index in [1.165, 1.54) is 30.3 Å². The number of phenolic OH excluding ortho intramolecular Hbond substituents is 1. The Morgan fingerprint density at radius 2 is 1.86 bits per heavy atom. The van der Waals surface area contributed by atoms with Crippen LogP contribution in [0.2, 0.25) is 0 Å². The van der Waals surface area contributed by atoms with E-state index in [-0.39, 0.29) is 22.5 Å². The Morgan fingerprint density at radius 1 is 1.10 bits per heavy atom. The van der Waals surface area contributed by atoms with Crippen LogP contribution in [-0.4, -0.2) is 21.2 Å². The third-order valence-electron chi connectivity index (χ3n) is 3.18. The maximum Gasteiger partial charge on any atom is 0.336 e. The van der Waals surface area contributed by atoms with Crippen LogP contribution in [0.15, 0.2) is 48.5 Å². The maximum absolute atomic E-state index is 13.3. The molecule has 0 saturated heterocycles. The fourth-order valence-corrected chi connectivity index (χ4v) is 2.21. The summed E-state index contributed by atoms with van der Waals surface area (Å²) in [6.07, 6.45) is 0. The first-order valence-electron chi connectivity index (χ1n) is 6.18. The number of pyridine rings is 1. The summed E-state index contributed by atoms with van der Waals surface area (Å²) >= 11 is 0. The Hall–Kier alpha value is -2.95. The minimum absolute atomic E-state index is 0.0123. The average Bonchev–Trinajstić information content (AvgIpc) is 2.46. The lowest BCUT2D eigenvalue weighted by molar-refractivity contribution is 0.0699. The summed E-state index contributed by atoms with van der Waals surface area (Å²) in [4.78, 5) is 15.6. The number of hydrogen-bond acceptors (Lipinski definition) is 3. The third-order valence-corrected chi connectivity index (χ3v) is 3.18. The zero-order valence-electron chi connectivity index (χ0n) is 10.7. The van der Waals surface area contributed by atoms with Crippen molar-refractivity contribution in [1.82, 2.24) is 4.98 Å². The van der Waals surface area contributed by atoms with Crippen molar-refractivity contribution < 1.29 is 19.4 Å². The van der Waals surface area contributed by atoms with Crippen molar-refractivity contribution in [3.63, 3.8) is 0 Å². The van der Waals surface area contributed by atoms with Gasteiger partial charge in [-0.15, -0.1) is 0 Å². The van der Waals surface area contributed by atoms with Crippen molar-refractivity contribution in [1.29, 1.82) is 0 Å². The topological polar surface area (TPSA) is 70.4 Å². The van der Waals surface area contributed by atoms with E-state index in [0.29, 0.717) is 10.9 Å². The molecule has 21 heavy (non-hydrogen) atoms. The third kappa shape index (κ3) is 2.29. The van der Waals surface area contributed by atoms with Gasteiger partial charge in [0.25, 0.3) is 0 Å². The smallest absolute Gasteiger partial charge is 0.336 e. The van der Waals surface area contributed by atoms with Crippen LogP contribution >= 0.6 is 0 Å². The zero-order chi connectivity index (χ0) is 15.0. The van der Waals surface area contributed by atoms with E-state index in [1.54, 1.807) is 18.2 Å². The number of hydrogen-bond donors (Lipinski definition) is 2. The van der Waals surface area contributed by atoms with Crippen molar-refractivity contribution >= 4 is 16.9 Å². The Morgan fingerprint density at radius 3 is 2.57 bits per heavy atom. The average molecular weight is 283 g/mol. The van der Waals surface area contributed by atoms with Gasteiger partial charge in [0.1, 0.15) is 11.6 Å². The first-order chi connectivity index (χ1) is 10.1. The number of phenols is 1. The Balaban J connectivity index is 2.35. The van der Waals surface area contributed by atoms with Crippen LogP contribution in [0.5, 0.6) is 5.75 Å². The summed E-state index contributed by atoms with van der Waals surface area (Å²) in [5.41, 5.74) is 0.918. The van der Waals surface area contributed by atoms with Crippen molar-refractivity contribution in [2.45, 2.75) is 0 Å². The second-order valence-corrected chi connectivity index (χ2v) is 4.54. The second kappa shape index (κ2) is 4.86. The predicted octanol–water partition coefficient (Wildman–Crippen LogP) is 3.44. The molecule has 4 nitrogen and oxygen atoms in total. The van der Waals surface area contributed by atoms with Gasteiger partial charge in [0.05, 0.1) is 16.8 Å². The summed E-state index contributed by atoms with van der Waals surface area (Å²) < 4.78 is 13.3. The van der Waals surface area contributed by atoms with Crippen LogP contribution < -0.4 is 0 Å². The number of fused-ring (bicyclic) bond motifs is 1. The van der Waals surface area contributed by atoms with E-state index in [0.717, 1.165) is 0 Å². The summed E-state index contributed by atoms with van der Waals surface area (Å²) in [7, 11) is 0. The Bertz CT molecular complexity index is 861. The molecule has 0 spiro atoms. The monoisotopic (exact) mass is 283 g/mol. The molecule has 0 radical (unpaired) electrons. The van der Waals surface area contributed by atoms with Crippen LogP contribution in [0.3, 0.4) is 0 Å². The molecule has 0 bridgehead atoms. The molecule has 0 unspecified atom stereocenters. The largest absolute Gasteiger partial charge is 0.507 e. The number of carboxylic acids is 1. The first kappa shape index (κ1) is 13.1. The van der Waals surface area contributed by atoms with Gasteiger partial charge in [0, 0.05) is 17.0 Å². The van der Waals surface area contributed by atoms with Gasteiger partial charge in [-0.2, -0.15) is 0 Å². The summed E-state index contributed by atoms with van der Waals surface area (Å²) in [5, 5.41) is 19.5. The molecule has 0 amide bonds. The number of benzene rings is 2. The van der Waals surface area contributed by atoms with Gasteiger partial charge < -0.3 is 10.2 Å². The van der Waals surface area contributed by atoms with Gasteiger partial charge >= 0.3 is 5.97 Å². The SMILES string of the molecule is O=C(O)c1cc(-c2ccccc2O)nc2cc(F)ccc12. The molecule has 0 aliphatic carbocycles. The number of para-hydroxylation sites is 1. The lowest BCUT2D eigenvalue weighted by atomic mass is 10.0. The number of aromatic carboxylic acids is 1. The highest BCUT2D eigenvalue weighted by molar-refractivity contribution is 6.03. The fraction of sp³-hybridized carbons (Fsp3) is 0. The van der Waals surface area contributed by atoms with Crippen molar-refractivity contribution in [3.8, 4) is 17.0 Å². The molecule has 0 fully saturated rings. The maximum atomic E-state index is 13.3. The highest BCUT2D eigenvalue weighted by Gasteiger charge is 2.14. The van der Waals surface area contributed by atoms with Crippen molar-refractivity contribution in [2.24, 2.45) is 0 Å². The molecule has 104 valence electrons. The quantitative estimate of drug-likeness (QED) is 0.755. The van der Waals surface area contributed by atoms with Gasteiger partial charge in [0.2, 0.25) is 0 Å². The Kier molecular flexibility index (Phi) is 3.02. The van der Waals surface area contributed by atoms with Gasteiger partial charge in [-0.1, -0.05) is 12.1 Å². The van der Waals surface area contributed by atoms with E-state index in [1.807, 2.05) is 0 Å². The van der Waals surface area contributed by atoms with Crippen molar-refractivity contribution in [2.75, 3.05) is 0 Å². The van der Waals surface area contributed by atoms with E-state index in [4.69, 9.17) is 0 Å². The number of halogens is 1. The molecule has 2 aromatic carbocycles. The zero-order valence-corrected chi connectivity index (χ0v) is 10.7. The number of aromatic nitrogens is 1. The Labute approximate surface area is 119 Å². The number of rotatable bonds is 2. The predicted molar refractivity (Wildman–Crippen MR) is 75.8 cm³/mol. The van der Waals surface area contributed by atoms with Crippen LogP contribution in [0, 0.1) is 5.82 Å². The molecular weight excluding hydrogens is 273 g/mol. The lowest BCUT2D eigenvalue weighted by Gasteiger charge is -2.08. The summed E-state index contributed by atoms with van der Waals surface area (Å²) in [6.45, 7) is 0. The molecule has 0 aliphatic heterocycles. The van der Waals surface area contributed by atoms with Crippen LogP contribution in [0.1, 0.15) is 10.4 Å². The molecule has 1 heterocycles. The summed E-state index contributed by atoms with van der Waals surface area (Å²) in [6, 6.07) is 11.6. The molecule has 1 aromatic heterocycles. The van der Waals surface area contributed by atoms with Gasteiger partial charge in [-0.25, -0.2) is 14.2 Å². The number of carboxylic acid groups (broad SMARTS) is 1. The standard InChI is InChI=1S/C16H10FNO3/c17-9-5-6-10-12(16(20)21)8-14(18-13(10)7-9)11-3-1-2-4-15(11)19/h1-8,19H,(H,20,21). The highest BCUT2D eigenvalue weighted by Crippen LogP contribution is 2.30. The number of aromatic hydroxyl groups is 1. The van der Waals surface area contributed by atoms with E-state index < -0.39 is 11.8 Å². The van der Waals surface area contributed by atoms with Crippen LogP contribution in [0.25, 0.3) is 22.2 Å². The van der Waals surface area contributed by atoms with Crippen LogP contribution in [-0.2, 0) is 0 Å². The second-order valence-electron chi connectivity index (χ2n) is 4.54. The van der Waals surface area contributed by atoms with E-state index in [2.05, 4.69) is 4.98 Å². The highest BCUT2D eigenvalue weighted by atomic mass is 19.1. The number of nitrogens with zero attached hydrogens (tertiary/aromatic N) is 1. The van der Waals surface area contributed by atoms with E-state index >= 15 is 0 Å². The first-order valence-corrected chi connectivity index (χ1v) is 6.18. The fourth-order valence-electron chi connectivity index (χ4n) is 2.21. The molecule has 3 aromatic rings. The van der Waals surface area contributed by atoms with Gasteiger partial charge in [0.15, 0.2) is 0 Å². The molecule has 0 atom stereocenters. The summed E-state index contributed by atoms with van der Waals surface area (Å²) in [5.74, 6) is -1.65. The molecule has 0 saturated carbocycles. The van der Waals surface area contributed by atoms with Gasteiger partial charge in [-0.05, 0) is 30.3 Å². The molecule has 3 rings (SSSR count). The number of carbonyl (C=O) groups is 1.